The first-order valence-electron chi connectivity index (χ1n) is 7.64. The van der Waals surface area contributed by atoms with E-state index in [1.807, 2.05) is 12.1 Å². The van der Waals surface area contributed by atoms with Gasteiger partial charge in [-0.05, 0) is 24.1 Å². The summed E-state index contributed by atoms with van der Waals surface area (Å²) in [6, 6.07) is 5.50. The number of carbonyl (C=O) groups is 1. The molecule has 5 nitrogen and oxygen atoms in total. The molecule has 24 heavy (non-hydrogen) atoms. The summed E-state index contributed by atoms with van der Waals surface area (Å²) >= 11 is 12.1. The van der Waals surface area contributed by atoms with Crippen LogP contribution in [0.25, 0.3) is 0 Å². The van der Waals surface area contributed by atoms with E-state index in [4.69, 9.17) is 37.8 Å². The Hall–Kier alpha value is -0.560. The number of rotatable bonds is 6. The molecule has 3 atom stereocenters. The highest BCUT2D eigenvalue weighted by Crippen LogP contribution is 2.30. The molecule has 0 spiro atoms. The minimum absolute atomic E-state index is 0. The summed E-state index contributed by atoms with van der Waals surface area (Å²) in [4.78, 5) is 11.1. The first-order chi connectivity index (χ1) is 11.0. The number of halogens is 3. The lowest BCUT2D eigenvalue weighted by Crippen LogP contribution is -2.34. The van der Waals surface area contributed by atoms with E-state index < -0.39 is 12.1 Å². The molecule has 1 heterocycles. The fourth-order valence-electron chi connectivity index (χ4n) is 2.60. The molecule has 1 aromatic rings. The molecule has 1 aliphatic rings. The van der Waals surface area contributed by atoms with Gasteiger partial charge in [0.05, 0.1) is 29.4 Å². The Kier molecular flexibility index (Phi) is 9.34. The lowest BCUT2D eigenvalue weighted by molar-refractivity contribution is -0.153. The topological polar surface area (TPSA) is 67.8 Å². The number of nitrogens with one attached hydrogen (secondary N) is 1. The maximum Gasteiger partial charge on any atom is 0.332 e. The second kappa shape index (κ2) is 10.4. The highest BCUT2D eigenvalue weighted by Gasteiger charge is 2.28. The lowest BCUT2D eigenvalue weighted by Gasteiger charge is -2.26. The van der Waals surface area contributed by atoms with E-state index >= 15 is 0 Å². The lowest BCUT2D eigenvalue weighted by atomic mass is 9.93. The third kappa shape index (κ3) is 5.76. The quantitative estimate of drug-likeness (QED) is 0.769. The van der Waals surface area contributed by atoms with Crippen LogP contribution in [0, 0.1) is 0 Å². The zero-order valence-corrected chi connectivity index (χ0v) is 15.7. The molecule has 2 N–H and O–H groups in total. The van der Waals surface area contributed by atoms with E-state index in [-0.39, 0.29) is 31.0 Å². The van der Waals surface area contributed by atoms with E-state index in [1.54, 1.807) is 13.0 Å². The summed E-state index contributed by atoms with van der Waals surface area (Å²) in [5.74, 6) is -0.941. The molecule has 1 saturated heterocycles. The van der Waals surface area contributed by atoms with Gasteiger partial charge in [-0.15, -0.1) is 12.4 Å². The van der Waals surface area contributed by atoms with Crippen LogP contribution in [0.5, 0.6) is 0 Å². The van der Waals surface area contributed by atoms with Crippen LogP contribution in [0.2, 0.25) is 10.0 Å². The second-order valence-electron chi connectivity index (χ2n) is 5.46. The number of hydrogen-bond acceptors (Lipinski definition) is 4. The Bertz CT molecular complexity index is 544. The zero-order chi connectivity index (χ0) is 16.8. The van der Waals surface area contributed by atoms with Crippen LogP contribution in [0.4, 0.5) is 0 Å². The van der Waals surface area contributed by atoms with Crippen LogP contribution in [-0.2, 0) is 14.3 Å². The van der Waals surface area contributed by atoms with Gasteiger partial charge in [-0.3, -0.25) is 0 Å². The largest absolute Gasteiger partial charge is 0.479 e. The minimum atomic E-state index is -0.953. The summed E-state index contributed by atoms with van der Waals surface area (Å²) in [7, 11) is 0. The maximum atomic E-state index is 11.1. The molecule has 1 aliphatic heterocycles. The molecular weight excluding hydrogens is 377 g/mol. The summed E-state index contributed by atoms with van der Waals surface area (Å²) in [5, 5.41) is 13.4. The maximum absolute atomic E-state index is 11.1. The molecule has 8 heteroatoms. The van der Waals surface area contributed by atoms with E-state index in [1.165, 1.54) is 0 Å². The van der Waals surface area contributed by atoms with Crippen molar-refractivity contribution in [2.75, 3.05) is 26.3 Å². The predicted octanol–water partition coefficient (Wildman–Crippen LogP) is 3.37. The van der Waals surface area contributed by atoms with Gasteiger partial charge in [-0.1, -0.05) is 36.2 Å². The highest BCUT2D eigenvalue weighted by molar-refractivity contribution is 6.42. The van der Waals surface area contributed by atoms with Crippen molar-refractivity contribution < 1.29 is 19.4 Å². The van der Waals surface area contributed by atoms with Crippen molar-refractivity contribution in [3.05, 3.63) is 33.8 Å². The Morgan fingerprint density at radius 3 is 2.83 bits per heavy atom. The van der Waals surface area contributed by atoms with Crippen LogP contribution in [0.1, 0.15) is 24.8 Å². The molecular formula is C16H22Cl3NO4. The SMILES string of the molecule is CCC(OCC1OCCNCC1c1ccc(Cl)c(Cl)c1)C(=O)O.Cl. The van der Waals surface area contributed by atoms with Gasteiger partial charge in [0, 0.05) is 19.0 Å². The Morgan fingerprint density at radius 1 is 1.46 bits per heavy atom. The number of aliphatic carboxylic acids is 1. The predicted molar refractivity (Wildman–Crippen MR) is 96.7 cm³/mol. The standard InChI is InChI=1S/C16H21Cl2NO4.ClH/c1-2-14(16(20)21)23-9-15-11(8-19-5-6-22-15)10-3-4-12(17)13(18)7-10;/h3-4,7,11,14-15,19H,2,5-6,8-9H2,1H3,(H,20,21);1H. The van der Waals surface area contributed by atoms with E-state index in [0.717, 1.165) is 12.1 Å². The van der Waals surface area contributed by atoms with Crippen molar-refractivity contribution in [3.63, 3.8) is 0 Å². The summed E-state index contributed by atoms with van der Waals surface area (Å²) in [5.41, 5.74) is 0.991. The third-order valence-electron chi connectivity index (χ3n) is 3.90. The van der Waals surface area contributed by atoms with Gasteiger partial charge < -0.3 is 19.9 Å². The molecule has 0 aliphatic carbocycles. The molecule has 0 radical (unpaired) electrons. The molecule has 1 aromatic carbocycles. The zero-order valence-electron chi connectivity index (χ0n) is 13.3. The summed E-state index contributed by atoms with van der Waals surface area (Å²) < 4.78 is 11.4. The number of hydrogen-bond donors (Lipinski definition) is 2. The van der Waals surface area contributed by atoms with Crippen LogP contribution in [-0.4, -0.2) is 49.6 Å². The number of carboxylic acid groups (broad SMARTS) is 1. The molecule has 0 amide bonds. The highest BCUT2D eigenvalue weighted by atomic mass is 35.5. The average molecular weight is 399 g/mol. The third-order valence-corrected chi connectivity index (χ3v) is 4.64. The second-order valence-corrected chi connectivity index (χ2v) is 6.28. The van der Waals surface area contributed by atoms with Gasteiger partial charge in [0.1, 0.15) is 0 Å². The molecule has 1 fully saturated rings. The fourth-order valence-corrected chi connectivity index (χ4v) is 2.91. The number of carboxylic acids is 1. The Morgan fingerprint density at radius 2 is 2.21 bits per heavy atom. The molecule has 3 unspecified atom stereocenters. The van der Waals surface area contributed by atoms with Crippen molar-refractivity contribution in [2.24, 2.45) is 0 Å². The van der Waals surface area contributed by atoms with Crippen molar-refractivity contribution in [2.45, 2.75) is 31.5 Å². The van der Waals surface area contributed by atoms with E-state index in [0.29, 0.717) is 29.6 Å². The smallest absolute Gasteiger partial charge is 0.332 e. The monoisotopic (exact) mass is 397 g/mol. The average Bonchev–Trinajstić information content (AvgIpc) is 2.76. The number of ether oxygens (including phenoxy) is 2. The first-order valence-corrected chi connectivity index (χ1v) is 8.40. The number of benzene rings is 1. The van der Waals surface area contributed by atoms with Gasteiger partial charge in [-0.2, -0.15) is 0 Å². The van der Waals surface area contributed by atoms with Crippen LogP contribution in [0.3, 0.4) is 0 Å². The summed E-state index contributed by atoms with van der Waals surface area (Å²) in [6.07, 6.45) is -0.641. The van der Waals surface area contributed by atoms with Crippen LogP contribution >= 0.6 is 35.6 Å². The molecule has 0 saturated carbocycles. The van der Waals surface area contributed by atoms with Gasteiger partial charge in [-0.25, -0.2) is 4.79 Å². The Balaban J connectivity index is 0.00000288. The Labute approximate surface area is 158 Å². The van der Waals surface area contributed by atoms with E-state index in [9.17, 15) is 4.79 Å². The van der Waals surface area contributed by atoms with Crippen LogP contribution < -0.4 is 5.32 Å². The minimum Gasteiger partial charge on any atom is -0.479 e. The van der Waals surface area contributed by atoms with Crippen LogP contribution in [0.15, 0.2) is 18.2 Å². The van der Waals surface area contributed by atoms with E-state index in [2.05, 4.69) is 5.32 Å². The normalized spacial score (nSPS) is 22.3. The van der Waals surface area contributed by atoms with Crippen molar-refractivity contribution in [1.29, 1.82) is 0 Å². The molecule has 0 bridgehead atoms. The van der Waals surface area contributed by atoms with Gasteiger partial charge in [0.2, 0.25) is 0 Å². The van der Waals surface area contributed by atoms with Crippen molar-refractivity contribution in [1.82, 2.24) is 5.32 Å². The van der Waals surface area contributed by atoms with Gasteiger partial charge in [0.15, 0.2) is 6.10 Å². The van der Waals surface area contributed by atoms with Gasteiger partial charge in [0.25, 0.3) is 0 Å². The molecule has 0 aromatic heterocycles. The first kappa shape index (κ1) is 21.5. The van der Waals surface area contributed by atoms with Crippen molar-refractivity contribution >= 4 is 41.6 Å². The molecule has 136 valence electrons. The summed E-state index contributed by atoms with van der Waals surface area (Å²) in [6.45, 7) is 4.00. The molecule has 2 rings (SSSR count). The van der Waals surface area contributed by atoms with Crippen molar-refractivity contribution in [3.8, 4) is 0 Å². The van der Waals surface area contributed by atoms with Gasteiger partial charge >= 0.3 is 5.97 Å². The fraction of sp³-hybridized carbons (Fsp3) is 0.562.